The summed E-state index contributed by atoms with van der Waals surface area (Å²) in [6.07, 6.45) is 0.173. The lowest BCUT2D eigenvalue weighted by Gasteiger charge is -2.18. The predicted octanol–water partition coefficient (Wildman–Crippen LogP) is 2.65. The smallest absolute Gasteiger partial charge is 0.124 e. The van der Waals surface area contributed by atoms with Crippen molar-refractivity contribution in [2.45, 2.75) is 39.3 Å². The number of benzene rings is 1. The molecule has 102 valence electrons. The van der Waals surface area contributed by atoms with Crippen LogP contribution in [0.4, 0.5) is 4.39 Å². The first kappa shape index (κ1) is 14.9. The van der Waals surface area contributed by atoms with Crippen LogP contribution in [0.1, 0.15) is 38.8 Å². The molecular weight excluding hydrogens is 233 g/mol. The minimum Gasteiger partial charge on any atom is -0.493 e. The fourth-order valence-electron chi connectivity index (χ4n) is 1.74. The minimum absolute atomic E-state index is 0.0345. The number of ether oxygens (including phenoxy) is 1. The van der Waals surface area contributed by atoms with Crippen molar-refractivity contribution < 1.29 is 14.2 Å². The summed E-state index contributed by atoms with van der Waals surface area (Å²) in [5.74, 6) is 0.406. The average molecular weight is 255 g/mol. The van der Waals surface area contributed by atoms with E-state index in [9.17, 15) is 9.50 Å². The largest absolute Gasteiger partial charge is 0.493 e. The van der Waals surface area contributed by atoms with Crippen LogP contribution in [-0.4, -0.2) is 24.4 Å². The number of nitrogens with one attached hydrogen (secondary N) is 1. The molecule has 2 N–H and O–H groups in total. The molecule has 0 aliphatic heterocycles. The molecule has 3 nitrogen and oxygen atoms in total. The molecule has 0 aliphatic rings. The first-order valence-corrected chi connectivity index (χ1v) is 6.38. The molecule has 0 aliphatic carbocycles. The van der Waals surface area contributed by atoms with Crippen LogP contribution in [0.25, 0.3) is 0 Å². The van der Waals surface area contributed by atoms with Crippen LogP contribution in [0.15, 0.2) is 18.2 Å². The van der Waals surface area contributed by atoms with Crippen molar-refractivity contribution in [3.8, 4) is 5.75 Å². The maximum atomic E-state index is 13.3. The van der Waals surface area contributed by atoms with Crippen molar-refractivity contribution in [3.63, 3.8) is 0 Å². The predicted molar refractivity (Wildman–Crippen MR) is 70.3 cm³/mol. The van der Waals surface area contributed by atoms with E-state index in [2.05, 4.69) is 5.32 Å². The number of hydrogen-bond donors (Lipinski definition) is 2. The molecular formula is C14H22FNO2. The highest BCUT2D eigenvalue weighted by molar-refractivity contribution is 5.36. The van der Waals surface area contributed by atoms with Gasteiger partial charge in [-0.25, -0.2) is 4.39 Å². The van der Waals surface area contributed by atoms with E-state index in [1.807, 2.05) is 13.8 Å². The first-order valence-electron chi connectivity index (χ1n) is 6.38. The van der Waals surface area contributed by atoms with E-state index in [1.54, 1.807) is 13.0 Å². The number of hydrogen-bond acceptors (Lipinski definition) is 3. The van der Waals surface area contributed by atoms with Gasteiger partial charge in [-0.3, -0.25) is 0 Å². The van der Waals surface area contributed by atoms with Crippen molar-refractivity contribution in [1.29, 1.82) is 0 Å². The molecule has 1 aromatic rings. The van der Waals surface area contributed by atoms with Gasteiger partial charge in [0.15, 0.2) is 0 Å². The van der Waals surface area contributed by atoms with E-state index < -0.39 is 0 Å². The summed E-state index contributed by atoms with van der Waals surface area (Å²) in [6, 6.07) is 4.55. The van der Waals surface area contributed by atoms with Gasteiger partial charge in [0, 0.05) is 18.0 Å². The number of halogens is 1. The Balaban J connectivity index is 2.76. The molecule has 0 heterocycles. The van der Waals surface area contributed by atoms with Crippen LogP contribution in [0.2, 0.25) is 0 Å². The van der Waals surface area contributed by atoms with Crippen molar-refractivity contribution in [3.05, 3.63) is 29.6 Å². The Morgan fingerprint density at radius 2 is 2.11 bits per heavy atom. The third-order valence-corrected chi connectivity index (χ3v) is 2.74. The fourth-order valence-corrected chi connectivity index (χ4v) is 1.74. The van der Waals surface area contributed by atoms with Crippen molar-refractivity contribution >= 4 is 0 Å². The normalized spacial score (nSPS) is 14.3. The van der Waals surface area contributed by atoms with Gasteiger partial charge in [-0.2, -0.15) is 0 Å². The molecule has 2 unspecified atom stereocenters. The number of rotatable bonds is 7. The first-order chi connectivity index (χ1) is 8.54. The van der Waals surface area contributed by atoms with E-state index in [1.165, 1.54) is 12.1 Å². The summed E-state index contributed by atoms with van der Waals surface area (Å²) in [7, 11) is 0. The third kappa shape index (κ3) is 4.63. The van der Waals surface area contributed by atoms with Gasteiger partial charge in [-0.05, 0) is 38.6 Å². The summed E-state index contributed by atoms with van der Waals surface area (Å²) in [6.45, 7) is 6.93. The van der Waals surface area contributed by atoms with Crippen molar-refractivity contribution in [2.75, 3.05) is 13.2 Å². The van der Waals surface area contributed by atoms with E-state index in [0.717, 1.165) is 12.1 Å². The van der Waals surface area contributed by atoms with E-state index in [-0.39, 0.29) is 18.0 Å². The summed E-state index contributed by atoms with van der Waals surface area (Å²) in [5.41, 5.74) is 0.808. The highest BCUT2D eigenvalue weighted by Gasteiger charge is 2.12. The zero-order chi connectivity index (χ0) is 13.5. The highest BCUT2D eigenvalue weighted by atomic mass is 19.1. The molecule has 0 saturated carbocycles. The second-order valence-electron chi connectivity index (χ2n) is 4.45. The van der Waals surface area contributed by atoms with E-state index in [4.69, 9.17) is 4.74 Å². The van der Waals surface area contributed by atoms with Crippen LogP contribution in [-0.2, 0) is 0 Å². The fraction of sp³-hybridized carbons (Fsp3) is 0.571. The Hall–Kier alpha value is -1.13. The maximum Gasteiger partial charge on any atom is 0.124 e. The number of aliphatic hydroxyl groups is 1. The van der Waals surface area contributed by atoms with Crippen LogP contribution in [0, 0.1) is 5.82 Å². The monoisotopic (exact) mass is 255 g/mol. The molecule has 1 rings (SSSR count). The Labute approximate surface area is 108 Å². The molecule has 0 aromatic heterocycles. The van der Waals surface area contributed by atoms with E-state index >= 15 is 0 Å². The highest BCUT2D eigenvalue weighted by Crippen LogP contribution is 2.26. The molecule has 0 radical (unpaired) electrons. The van der Waals surface area contributed by atoms with Crippen molar-refractivity contribution in [1.82, 2.24) is 5.32 Å². The van der Waals surface area contributed by atoms with E-state index in [0.29, 0.717) is 18.8 Å². The summed E-state index contributed by atoms with van der Waals surface area (Å²) < 4.78 is 18.9. The van der Waals surface area contributed by atoms with Gasteiger partial charge in [-0.1, -0.05) is 6.92 Å². The average Bonchev–Trinajstić information content (AvgIpc) is 2.31. The van der Waals surface area contributed by atoms with Gasteiger partial charge < -0.3 is 15.2 Å². The van der Waals surface area contributed by atoms with Gasteiger partial charge >= 0.3 is 0 Å². The summed E-state index contributed by atoms with van der Waals surface area (Å²) in [4.78, 5) is 0. The van der Waals surface area contributed by atoms with Crippen molar-refractivity contribution in [2.24, 2.45) is 0 Å². The minimum atomic E-state index is -0.389. The van der Waals surface area contributed by atoms with Gasteiger partial charge in [0.05, 0.1) is 12.7 Å². The van der Waals surface area contributed by atoms with Gasteiger partial charge in [0.25, 0.3) is 0 Å². The zero-order valence-corrected chi connectivity index (χ0v) is 11.2. The summed E-state index contributed by atoms with van der Waals surface area (Å²) in [5, 5.41) is 12.4. The third-order valence-electron chi connectivity index (χ3n) is 2.74. The SMILES string of the molecule is CCNC(C)c1cc(F)ccc1OCCC(C)O. The Morgan fingerprint density at radius 3 is 2.72 bits per heavy atom. The zero-order valence-electron chi connectivity index (χ0n) is 11.2. The van der Waals surface area contributed by atoms with Crippen LogP contribution < -0.4 is 10.1 Å². The molecule has 0 spiro atoms. The van der Waals surface area contributed by atoms with Crippen LogP contribution in [0.3, 0.4) is 0 Å². The van der Waals surface area contributed by atoms with Crippen LogP contribution in [0.5, 0.6) is 5.75 Å². The molecule has 2 atom stereocenters. The van der Waals surface area contributed by atoms with Crippen LogP contribution >= 0.6 is 0 Å². The number of aliphatic hydroxyl groups excluding tert-OH is 1. The lowest BCUT2D eigenvalue weighted by atomic mass is 10.1. The van der Waals surface area contributed by atoms with Gasteiger partial charge in [-0.15, -0.1) is 0 Å². The Kier molecular flexibility index (Phi) is 6.09. The molecule has 0 amide bonds. The second kappa shape index (κ2) is 7.34. The van der Waals surface area contributed by atoms with Gasteiger partial charge in [0.1, 0.15) is 11.6 Å². The lowest BCUT2D eigenvalue weighted by Crippen LogP contribution is -2.19. The lowest BCUT2D eigenvalue weighted by molar-refractivity contribution is 0.155. The molecule has 0 saturated heterocycles. The molecule has 0 fully saturated rings. The quantitative estimate of drug-likeness (QED) is 0.787. The molecule has 18 heavy (non-hydrogen) atoms. The molecule has 0 bridgehead atoms. The standard InChI is InChI=1S/C14H22FNO2/c1-4-16-11(3)13-9-12(15)5-6-14(13)18-8-7-10(2)17/h5-6,9-11,16-17H,4,7-8H2,1-3H3. The Bertz CT molecular complexity index is 369. The van der Waals surface area contributed by atoms with Gasteiger partial charge in [0.2, 0.25) is 0 Å². The summed E-state index contributed by atoms with van der Waals surface area (Å²) >= 11 is 0. The molecule has 1 aromatic carbocycles. The Morgan fingerprint density at radius 1 is 1.39 bits per heavy atom. The topological polar surface area (TPSA) is 41.5 Å². The second-order valence-corrected chi connectivity index (χ2v) is 4.45. The maximum absolute atomic E-state index is 13.3. The molecule has 4 heteroatoms.